The number of carbonyl (C=O) groups excluding carboxylic acids is 2. The minimum absolute atomic E-state index is 0.0473. The SMILES string of the molecule is COCCN(CC(=O)N1CCN(c2ccc(-c3ccccc3)nn2)CC1)C(=O)c1cccs1. The minimum atomic E-state index is -0.136. The van der Waals surface area contributed by atoms with E-state index >= 15 is 0 Å². The van der Waals surface area contributed by atoms with Crippen molar-refractivity contribution in [1.29, 1.82) is 0 Å². The average Bonchev–Trinajstić information content (AvgIpc) is 3.42. The van der Waals surface area contributed by atoms with Gasteiger partial charge in [0.1, 0.15) is 6.54 Å². The predicted molar refractivity (Wildman–Crippen MR) is 128 cm³/mol. The van der Waals surface area contributed by atoms with E-state index in [0.29, 0.717) is 44.2 Å². The Morgan fingerprint density at radius 1 is 1.00 bits per heavy atom. The van der Waals surface area contributed by atoms with Crippen LogP contribution in [0.15, 0.2) is 60.0 Å². The molecule has 9 heteroatoms. The zero-order valence-electron chi connectivity index (χ0n) is 18.6. The van der Waals surface area contributed by atoms with E-state index in [1.165, 1.54) is 11.3 Å². The fourth-order valence-corrected chi connectivity index (χ4v) is 4.41. The molecule has 1 aromatic carbocycles. The highest BCUT2D eigenvalue weighted by molar-refractivity contribution is 7.12. The molecule has 1 aliphatic rings. The highest BCUT2D eigenvalue weighted by Crippen LogP contribution is 2.19. The third kappa shape index (κ3) is 5.74. The largest absolute Gasteiger partial charge is 0.383 e. The lowest BCUT2D eigenvalue weighted by Gasteiger charge is -2.36. The van der Waals surface area contributed by atoms with E-state index in [0.717, 1.165) is 17.1 Å². The lowest BCUT2D eigenvalue weighted by Crippen LogP contribution is -2.52. The molecule has 1 saturated heterocycles. The molecule has 0 aliphatic carbocycles. The van der Waals surface area contributed by atoms with Crippen LogP contribution in [-0.4, -0.2) is 84.8 Å². The molecule has 0 N–H and O–H groups in total. The highest BCUT2D eigenvalue weighted by atomic mass is 32.1. The van der Waals surface area contributed by atoms with Crippen molar-refractivity contribution in [3.63, 3.8) is 0 Å². The van der Waals surface area contributed by atoms with Gasteiger partial charge in [0.05, 0.1) is 17.2 Å². The number of carbonyl (C=O) groups is 2. The third-order valence-corrected chi connectivity index (χ3v) is 6.44. The monoisotopic (exact) mass is 465 g/mol. The summed E-state index contributed by atoms with van der Waals surface area (Å²) in [6, 6.07) is 17.5. The minimum Gasteiger partial charge on any atom is -0.383 e. The number of thiophene rings is 1. The number of methoxy groups -OCH3 is 1. The molecule has 0 unspecified atom stereocenters. The van der Waals surface area contributed by atoms with Crippen molar-refractivity contribution in [1.82, 2.24) is 20.0 Å². The van der Waals surface area contributed by atoms with Crippen LogP contribution >= 0.6 is 11.3 Å². The Kier molecular flexibility index (Phi) is 7.64. The summed E-state index contributed by atoms with van der Waals surface area (Å²) in [6.45, 7) is 3.30. The molecule has 2 aromatic heterocycles. The van der Waals surface area contributed by atoms with Gasteiger partial charge in [-0.15, -0.1) is 21.5 Å². The topological polar surface area (TPSA) is 78.9 Å². The number of piperazine rings is 1. The lowest BCUT2D eigenvalue weighted by atomic mass is 10.1. The second kappa shape index (κ2) is 11.0. The van der Waals surface area contributed by atoms with Gasteiger partial charge in [0.2, 0.25) is 5.91 Å². The second-order valence-corrected chi connectivity index (χ2v) is 8.66. The maximum atomic E-state index is 12.9. The maximum absolute atomic E-state index is 12.9. The standard InChI is InChI=1S/C24H27N5O3S/c1-32-16-15-29(24(31)21-8-5-17-33-21)18-23(30)28-13-11-27(12-14-28)22-10-9-20(25-26-22)19-6-3-2-4-7-19/h2-10,17H,11-16,18H2,1H3. The molecule has 33 heavy (non-hydrogen) atoms. The van der Waals surface area contributed by atoms with Crippen molar-refractivity contribution in [3.05, 3.63) is 64.9 Å². The fraction of sp³-hybridized carbons (Fsp3) is 0.333. The maximum Gasteiger partial charge on any atom is 0.264 e. The first kappa shape index (κ1) is 22.9. The van der Waals surface area contributed by atoms with Gasteiger partial charge in [-0.3, -0.25) is 9.59 Å². The summed E-state index contributed by atoms with van der Waals surface area (Å²) >= 11 is 1.38. The van der Waals surface area contributed by atoms with Crippen LogP contribution in [0.5, 0.6) is 0 Å². The predicted octanol–water partition coefficient (Wildman–Crippen LogP) is 2.64. The number of nitrogens with zero attached hydrogens (tertiary/aromatic N) is 5. The molecular weight excluding hydrogens is 438 g/mol. The van der Waals surface area contributed by atoms with E-state index in [2.05, 4.69) is 15.1 Å². The van der Waals surface area contributed by atoms with E-state index < -0.39 is 0 Å². The molecule has 0 saturated carbocycles. The van der Waals surface area contributed by atoms with Crippen molar-refractivity contribution < 1.29 is 14.3 Å². The Bertz CT molecular complexity index is 1040. The molecule has 3 heterocycles. The summed E-state index contributed by atoms with van der Waals surface area (Å²) in [5, 5.41) is 10.6. The number of hydrogen-bond acceptors (Lipinski definition) is 7. The normalized spacial score (nSPS) is 13.7. The first-order chi connectivity index (χ1) is 16.2. The zero-order chi connectivity index (χ0) is 23.0. The number of benzene rings is 1. The molecule has 172 valence electrons. The Labute approximate surface area is 197 Å². The Morgan fingerprint density at radius 3 is 2.42 bits per heavy atom. The number of anilines is 1. The molecule has 3 aromatic rings. The van der Waals surface area contributed by atoms with Crippen LogP contribution in [0, 0.1) is 0 Å². The Hall–Kier alpha value is -3.30. The summed E-state index contributed by atoms with van der Waals surface area (Å²) < 4.78 is 5.13. The lowest BCUT2D eigenvalue weighted by molar-refractivity contribution is -0.132. The van der Waals surface area contributed by atoms with Gasteiger partial charge >= 0.3 is 0 Å². The number of ether oxygens (including phenoxy) is 1. The van der Waals surface area contributed by atoms with Crippen molar-refractivity contribution in [2.24, 2.45) is 0 Å². The Balaban J connectivity index is 1.33. The number of amides is 2. The van der Waals surface area contributed by atoms with Crippen LogP contribution in [0.4, 0.5) is 5.82 Å². The van der Waals surface area contributed by atoms with Gasteiger partial charge in [-0.1, -0.05) is 36.4 Å². The molecule has 0 radical (unpaired) electrons. The van der Waals surface area contributed by atoms with E-state index in [9.17, 15) is 9.59 Å². The smallest absolute Gasteiger partial charge is 0.264 e. The van der Waals surface area contributed by atoms with Gasteiger partial charge in [-0.05, 0) is 23.6 Å². The summed E-state index contributed by atoms with van der Waals surface area (Å²) in [5.74, 6) is 0.611. The second-order valence-electron chi connectivity index (χ2n) is 7.71. The van der Waals surface area contributed by atoms with E-state index in [-0.39, 0.29) is 18.4 Å². The molecule has 1 fully saturated rings. The van der Waals surface area contributed by atoms with Crippen LogP contribution in [0.2, 0.25) is 0 Å². The summed E-state index contributed by atoms with van der Waals surface area (Å²) in [5.41, 5.74) is 1.86. The third-order valence-electron chi connectivity index (χ3n) is 5.59. The highest BCUT2D eigenvalue weighted by Gasteiger charge is 2.26. The summed E-state index contributed by atoms with van der Waals surface area (Å²) in [6.07, 6.45) is 0. The molecule has 0 bridgehead atoms. The van der Waals surface area contributed by atoms with Gasteiger partial charge in [0.25, 0.3) is 5.91 Å². The van der Waals surface area contributed by atoms with Crippen LogP contribution in [0.25, 0.3) is 11.3 Å². The zero-order valence-corrected chi connectivity index (χ0v) is 19.4. The van der Waals surface area contributed by atoms with Gasteiger partial charge in [-0.25, -0.2) is 0 Å². The molecule has 0 atom stereocenters. The number of aromatic nitrogens is 2. The fourth-order valence-electron chi connectivity index (χ4n) is 3.71. The summed E-state index contributed by atoms with van der Waals surface area (Å²) in [7, 11) is 1.59. The molecular formula is C24H27N5O3S. The van der Waals surface area contributed by atoms with E-state index in [4.69, 9.17) is 4.74 Å². The molecule has 2 amide bonds. The first-order valence-corrected chi connectivity index (χ1v) is 11.8. The molecule has 4 rings (SSSR count). The first-order valence-electron chi connectivity index (χ1n) is 10.9. The van der Waals surface area contributed by atoms with Crippen molar-refractivity contribution in [2.75, 3.05) is 57.9 Å². The van der Waals surface area contributed by atoms with Crippen LogP contribution in [0.1, 0.15) is 9.67 Å². The van der Waals surface area contributed by atoms with Crippen LogP contribution < -0.4 is 4.90 Å². The van der Waals surface area contributed by atoms with Crippen LogP contribution in [-0.2, 0) is 9.53 Å². The summed E-state index contributed by atoms with van der Waals surface area (Å²) in [4.78, 5) is 31.9. The molecule has 1 aliphatic heterocycles. The van der Waals surface area contributed by atoms with E-state index in [1.54, 1.807) is 18.1 Å². The van der Waals surface area contributed by atoms with Crippen molar-refractivity contribution in [3.8, 4) is 11.3 Å². The molecule has 8 nitrogen and oxygen atoms in total. The Morgan fingerprint density at radius 2 is 1.79 bits per heavy atom. The van der Waals surface area contributed by atoms with Crippen molar-refractivity contribution in [2.45, 2.75) is 0 Å². The quantitative estimate of drug-likeness (QED) is 0.509. The molecule has 0 spiro atoms. The van der Waals surface area contributed by atoms with Gasteiger partial charge in [0, 0.05) is 45.4 Å². The number of hydrogen-bond donors (Lipinski definition) is 0. The van der Waals surface area contributed by atoms with E-state index in [1.807, 2.05) is 58.8 Å². The van der Waals surface area contributed by atoms with Gasteiger partial charge in [-0.2, -0.15) is 0 Å². The number of rotatable bonds is 8. The van der Waals surface area contributed by atoms with Crippen molar-refractivity contribution >= 4 is 29.0 Å². The average molecular weight is 466 g/mol. The van der Waals surface area contributed by atoms with Gasteiger partial charge in [0.15, 0.2) is 5.82 Å². The van der Waals surface area contributed by atoms with Gasteiger partial charge < -0.3 is 19.4 Å². The van der Waals surface area contributed by atoms with Crippen LogP contribution in [0.3, 0.4) is 0 Å².